The van der Waals surface area contributed by atoms with Gasteiger partial charge >= 0.3 is 0 Å². The van der Waals surface area contributed by atoms with Crippen molar-refractivity contribution >= 4 is 17.0 Å². The Bertz CT molecular complexity index is 845. The van der Waals surface area contributed by atoms with Crippen molar-refractivity contribution in [2.24, 2.45) is 16.3 Å². The number of hydroxylamine groups is 1. The van der Waals surface area contributed by atoms with Gasteiger partial charge in [-0.05, 0) is 24.1 Å². The van der Waals surface area contributed by atoms with Crippen molar-refractivity contribution < 1.29 is 18.8 Å². The fourth-order valence-corrected chi connectivity index (χ4v) is 2.66. The summed E-state index contributed by atoms with van der Waals surface area (Å²) in [5.74, 6) is -0.368. The molecule has 1 aliphatic rings. The maximum atomic E-state index is 13.3. The number of amides is 1. The van der Waals surface area contributed by atoms with Gasteiger partial charge in [0.1, 0.15) is 17.4 Å². The molecule has 9 heteroatoms. The van der Waals surface area contributed by atoms with Crippen LogP contribution in [-0.4, -0.2) is 27.7 Å². The zero-order valence-electron chi connectivity index (χ0n) is 13.8. The van der Waals surface area contributed by atoms with Crippen LogP contribution in [0.3, 0.4) is 0 Å². The number of carbonyl (C=O) groups is 1. The molecule has 1 amide bonds. The molecule has 0 radical (unpaired) electrons. The lowest BCUT2D eigenvalue weighted by molar-refractivity contribution is -0.128. The molecule has 2 aromatic rings. The predicted octanol–water partition coefficient (Wildman–Crippen LogP) is 3.13. The van der Waals surface area contributed by atoms with Crippen molar-refractivity contribution in [1.29, 1.82) is 0 Å². The lowest BCUT2D eigenvalue weighted by atomic mass is 10.0. The molecule has 1 atom stereocenters. The van der Waals surface area contributed by atoms with E-state index in [1.165, 1.54) is 12.1 Å². The number of nitrogens with one attached hydrogen (secondary N) is 1. The van der Waals surface area contributed by atoms with Gasteiger partial charge in [-0.25, -0.2) is 14.9 Å². The van der Waals surface area contributed by atoms with Gasteiger partial charge in [0.15, 0.2) is 5.58 Å². The Hall–Kier alpha value is -2.81. The number of oxazole rings is 1. The first-order chi connectivity index (χ1) is 12.0. The summed E-state index contributed by atoms with van der Waals surface area (Å²) in [6.45, 7) is 4.38. The van der Waals surface area contributed by atoms with E-state index in [9.17, 15) is 9.18 Å². The molecular weight excluding hydrogens is 329 g/mol. The highest BCUT2D eigenvalue weighted by Crippen LogP contribution is 2.33. The van der Waals surface area contributed by atoms with Gasteiger partial charge in [0, 0.05) is 12.5 Å². The first-order valence-corrected chi connectivity index (χ1v) is 7.84. The summed E-state index contributed by atoms with van der Waals surface area (Å²) in [5, 5.41) is 18.4. The summed E-state index contributed by atoms with van der Waals surface area (Å²) in [7, 11) is 0. The molecule has 132 valence electrons. The van der Waals surface area contributed by atoms with Crippen molar-refractivity contribution in [3.8, 4) is 0 Å². The van der Waals surface area contributed by atoms with Gasteiger partial charge < -0.3 is 4.42 Å². The van der Waals surface area contributed by atoms with E-state index in [-0.39, 0.29) is 24.2 Å². The lowest BCUT2D eigenvalue weighted by Gasteiger charge is -2.25. The van der Waals surface area contributed by atoms with Gasteiger partial charge in [-0.2, -0.15) is 0 Å². The SMILES string of the molecule is CC(C)C(c1nc2ccc(F)cc2o1)N1C/C(=C/CC(=O)NO)N=N1. The van der Waals surface area contributed by atoms with Crippen LogP contribution in [0, 0.1) is 11.7 Å². The molecule has 2 N–H and O–H groups in total. The second kappa shape index (κ2) is 6.98. The number of benzene rings is 1. The Morgan fingerprint density at radius 2 is 2.32 bits per heavy atom. The smallest absolute Gasteiger partial charge is 0.247 e. The third-order valence-corrected chi connectivity index (χ3v) is 3.83. The Morgan fingerprint density at radius 3 is 3.04 bits per heavy atom. The van der Waals surface area contributed by atoms with Crippen molar-refractivity contribution in [3.05, 3.63) is 41.7 Å². The number of halogens is 1. The summed E-state index contributed by atoms with van der Waals surface area (Å²) in [6, 6.07) is 3.92. The van der Waals surface area contributed by atoms with Gasteiger partial charge in [0.2, 0.25) is 11.8 Å². The highest BCUT2D eigenvalue weighted by atomic mass is 19.1. The number of nitrogens with zero attached hydrogens (tertiary/aromatic N) is 4. The summed E-state index contributed by atoms with van der Waals surface area (Å²) >= 11 is 0. The predicted molar refractivity (Wildman–Crippen MR) is 85.7 cm³/mol. The van der Waals surface area contributed by atoms with E-state index in [2.05, 4.69) is 15.3 Å². The highest BCUT2D eigenvalue weighted by molar-refractivity contribution is 5.76. The van der Waals surface area contributed by atoms with Crippen LogP contribution in [-0.2, 0) is 4.79 Å². The molecule has 1 aromatic heterocycles. The van der Waals surface area contributed by atoms with Gasteiger partial charge in [-0.15, -0.1) is 5.11 Å². The van der Waals surface area contributed by atoms with Crippen LogP contribution >= 0.6 is 0 Å². The molecule has 8 nitrogen and oxygen atoms in total. The fraction of sp³-hybridized carbons (Fsp3) is 0.375. The Kier molecular flexibility index (Phi) is 4.75. The number of carbonyl (C=O) groups excluding carboxylic acids is 1. The molecular formula is C16H18FN5O3. The molecule has 25 heavy (non-hydrogen) atoms. The van der Waals surface area contributed by atoms with Crippen LogP contribution in [0.5, 0.6) is 0 Å². The zero-order chi connectivity index (χ0) is 18.0. The largest absolute Gasteiger partial charge is 0.438 e. The number of hydrogen-bond donors (Lipinski definition) is 2. The van der Waals surface area contributed by atoms with Crippen molar-refractivity contribution in [1.82, 2.24) is 15.5 Å². The summed E-state index contributed by atoms with van der Waals surface area (Å²) in [4.78, 5) is 15.5. The molecule has 1 unspecified atom stereocenters. The first kappa shape index (κ1) is 17.0. The van der Waals surface area contributed by atoms with E-state index >= 15 is 0 Å². The van der Waals surface area contributed by atoms with Gasteiger partial charge in [0.25, 0.3) is 0 Å². The molecule has 0 saturated heterocycles. The van der Waals surface area contributed by atoms with Crippen LogP contribution < -0.4 is 5.48 Å². The highest BCUT2D eigenvalue weighted by Gasteiger charge is 2.31. The third-order valence-electron chi connectivity index (χ3n) is 3.83. The molecule has 1 aromatic carbocycles. The first-order valence-electron chi connectivity index (χ1n) is 7.84. The van der Waals surface area contributed by atoms with E-state index in [0.717, 1.165) is 0 Å². The van der Waals surface area contributed by atoms with Crippen LogP contribution in [0.1, 0.15) is 32.2 Å². The maximum Gasteiger partial charge on any atom is 0.247 e. The number of fused-ring (bicyclic) bond motifs is 1. The molecule has 0 saturated carbocycles. The standard InChI is InChI=1S/C16H18FN5O3/c1-9(2)15(16-18-12-5-3-10(17)7-13(12)25-16)22-8-11(19-21-22)4-6-14(23)20-24/h3-5,7,9,15,24H,6,8H2,1-2H3,(H,20,23)/b11-4-. The average molecular weight is 347 g/mol. The summed E-state index contributed by atoms with van der Waals surface area (Å²) < 4.78 is 19.1. The normalized spacial score (nSPS) is 17.0. The van der Waals surface area contributed by atoms with E-state index in [0.29, 0.717) is 29.2 Å². The van der Waals surface area contributed by atoms with E-state index in [4.69, 9.17) is 9.62 Å². The molecule has 0 spiro atoms. The second-order valence-electron chi connectivity index (χ2n) is 6.07. The van der Waals surface area contributed by atoms with Gasteiger partial charge in [0.05, 0.1) is 12.2 Å². The van der Waals surface area contributed by atoms with Crippen LogP contribution in [0.15, 0.2) is 44.7 Å². The number of aromatic nitrogens is 1. The van der Waals surface area contributed by atoms with Crippen LogP contribution in [0.2, 0.25) is 0 Å². The quantitative estimate of drug-likeness (QED) is 0.639. The molecule has 0 bridgehead atoms. The number of hydrogen-bond acceptors (Lipinski definition) is 7. The number of rotatable bonds is 5. The minimum atomic E-state index is -0.525. The summed E-state index contributed by atoms with van der Waals surface area (Å²) in [6.07, 6.45) is 1.60. The Balaban J connectivity index is 1.82. The van der Waals surface area contributed by atoms with E-state index in [1.54, 1.807) is 22.6 Å². The molecule has 2 heterocycles. The second-order valence-corrected chi connectivity index (χ2v) is 6.07. The van der Waals surface area contributed by atoms with E-state index in [1.807, 2.05) is 13.8 Å². The molecule has 1 aliphatic heterocycles. The van der Waals surface area contributed by atoms with Crippen LogP contribution in [0.4, 0.5) is 4.39 Å². The minimum Gasteiger partial charge on any atom is -0.438 e. The molecule has 3 rings (SSSR count). The van der Waals surface area contributed by atoms with Crippen LogP contribution in [0.25, 0.3) is 11.1 Å². The molecule has 0 fully saturated rings. The summed E-state index contributed by atoms with van der Waals surface area (Å²) in [5.41, 5.74) is 3.13. The van der Waals surface area contributed by atoms with Crippen molar-refractivity contribution in [2.45, 2.75) is 26.3 Å². The topological polar surface area (TPSA) is 103 Å². The minimum absolute atomic E-state index is 0.00715. The zero-order valence-corrected chi connectivity index (χ0v) is 13.8. The Morgan fingerprint density at radius 1 is 1.52 bits per heavy atom. The third kappa shape index (κ3) is 3.66. The van der Waals surface area contributed by atoms with Crippen molar-refractivity contribution in [3.63, 3.8) is 0 Å². The fourth-order valence-electron chi connectivity index (χ4n) is 2.66. The Labute approximate surface area is 143 Å². The van der Waals surface area contributed by atoms with Gasteiger partial charge in [-0.1, -0.05) is 19.1 Å². The molecule has 0 aliphatic carbocycles. The monoisotopic (exact) mass is 347 g/mol. The van der Waals surface area contributed by atoms with Crippen molar-refractivity contribution in [2.75, 3.05) is 6.54 Å². The maximum absolute atomic E-state index is 13.3. The van der Waals surface area contributed by atoms with E-state index < -0.39 is 5.91 Å². The van der Waals surface area contributed by atoms with Gasteiger partial charge in [-0.3, -0.25) is 15.0 Å². The average Bonchev–Trinajstić information content (AvgIpc) is 3.19. The lowest BCUT2D eigenvalue weighted by Crippen LogP contribution is -2.26.